The highest BCUT2D eigenvalue weighted by atomic mass is 32.1. The van der Waals surface area contributed by atoms with E-state index in [0.717, 1.165) is 56.8 Å². The minimum absolute atomic E-state index is 0.532. The minimum atomic E-state index is 0.532. The molecule has 0 atom stereocenters. The first-order chi connectivity index (χ1) is 15.1. The molecular weight excluding hydrogens is 408 g/mol. The topological polar surface area (TPSA) is 85.7 Å². The average Bonchev–Trinajstić information content (AvgIpc) is 3.28. The molecule has 3 aromatic heterocycles. The van der Waals surface area contributed by atoms with Crippen LogP contribution < -0.4 is 10.1 Å². The highest BCUT2D eigenvalue weighted by Gasteiger charge is 2.16. The SMILES string of the molecule is CCCNc1ncc(-c2cc(-c3cc(C)c(OC)cc3C)nc(-c3cnccn3)n2)s1. The zero-order valence-corrected chi connectivity index (χ0v) is 18.8. The van der Waals surface area contributed by atoms with Gasteiger partial charge in [-0.2, -0.15) is 0 Å². The Morgan fingerprint density at radius 3 is 2.52 bits per heavy atom. The van der Waals surface area contributed by atoms with Crippen LogP contribution in [0.5, 0.6) is 5.75 Å². The molecule has 0 unspecified atom stereocenters. The summed E-state index contributed by atoms with van der Waals surface area (Å²) in [5, 5.41) is 4.22. The number of thiazole rings is 1. The van der Waals surface area contributed by atoms with E-state index in [1.165, 1.54) is 0 Å². The van der Waals surface area contributed by atoms with Crippen molar-refractivity contribution in [3.05, 3.63) is 54.1 Å². The molecule has 0 saturated carbocycles. The fraction of sp³-hybridized carbons (Fsp3) is 0.261. The van der Waals surface area contributed by atoms with Crippen LogP contribution in [0.1, 0.15) is 24.5 Å². The predicted molar refractivity (Wildman–Crippen MR) is 124 cm³/mol. The van der Waals surface area contributed by atoms with Gasteiger partial charge in [-0.1, -0.05) is 18.3 Å². The molecule has 3 heterocycles. The summed E-state index contributed by atoms with van der Waals surface area (Å²) in [6.07, 6.45) is 7.85. The number of aromatic nitrogens is 5. The highest BCUT2D eigenvalue weighted by molar-refractivity contribution is 7.18. The van der Waals surface area contributed by atoms with Crippen LogP contribution in [0.25, 0.3) is 33.3 Å². The van der Waals surface area contributed by atoms with Gasteiger partial charge in [0.1, 0.15) is 11.4 Å². The normalized spacial score (nSPS) is 10.8. The third-order valence-corrected chi connectivity index (χ3v) is 5.80. The Labute approximate surface area is 185 Å². The molecule has 1 N–H and O–H groups in total. The first kappa shape index (κ1) is 20.9. The van der Waals surface area contributed by atoms with Crippen LogP contribution in [0.15, 0.2) is 43.0 Å². The number of rotatable bonds is 7. The van der Waals surface area contributed by atoms with E-state index in [2.05, 4.69) is 40.2 Å². The van der Waals surface area contributed by atoms with E-state index in [1.807, 2.05) is 25.3 Å². The number of nitrogens with zero attached hydrogens (tertiary/aromatic N) is 5. The van der Waals surface area contributed by atoms with Crippen molar-refractivity contribution in [3.8, 4) is 39.1 Å². The number of methoxy groups -OCH3 is 1. The van der Waals surface area contributed by atoms with Gasteiger partial charge in [-0.05, 0) is 49.6 Å². The smallest absolute Gasteiger partial charge is 0.183 e. The Morgan fingerprint density at radius 2 is 1.77 bits per heavy atom. The lowest BCUT2D eigenvalue weighted by atomic mass is 10.0. The third kappa shape index (κ3) is 4.54. The van der Waals surface area contributed by atoms with Crippen molar-refractivity contribution in [3.63, 3.8) is 0 Å². The number of benzene rings is 1. The van der Waals surface area contributed by atoms with Gasteiger partial charge in [-0.3, -0.25) is 4.98 Å². The van der Waals surface area contributed by atoms with Crippen LogP contribution in [0.3, 0.4) is 0 Å². The molecule has 4 aromatic rings. The molecule has 31 heavy (non-hydrogen) atoms. The fourth-order valence-corrected chi connectivity index (χ4v) is 4.03. The highest BCUT2D eigenvalue weighted by Crippen LogP contribution is 2.34. The molecule has 0 aliphatic heterocycles. The van der Waals surface area contributed by atoms with E-state index >= 15 is 0 Å². The van der Waals surface area contributed by atoms with Crippen molar-refractivity contribution >= 4 is 16.5 Å². The van der Waals surface area contributed by atoms with Gasteiger partial charge in [0.15, 0.2) is 11.0 Å². The fourth-order valence-electron chi connectivity index (χ4n) is 3.23. The molecule has 0 bridgehead atoms. The van der Waals surface area contributed by atoms with Gasteiger partial charge < -0.3 is 10.1 Å². The van der Waals surface area contributed by atoms with Gasteiger partial charge in [0, 0.05) is 30.7 Å². The van der Waals surface area contributed by atoms with E-state index in [9.17, 15) is 0 Å². The standard InChI is InChI=1S/C23H24N6OS/c1-5-6-26-23-27-13-21(31-23)18-11-17(16-9-15(3)20(30-4)10-14(16)2)28-22(29-18)19-12-24-7-8-25-19/h7-13H,5-6H2,1-4H3,(H,26,27). The molecule has 1 aromatic carbocycles. The van der Waals surface area contributed by atoms with Crippen LogP contribution in [0.2, 0.25) is 0 Å². The lowest BCUT2D eigenvalue weighted by molar-refractivity contribution is 0.411. The molecule has 0 fully saturated rings. The Balaban J connectivity index is 1.85. The summed E-state index contributed by atoms with van der Waals surface area (Å²) >= 11 is 1.58. The summed E-state index contributed by atoms with van der Waals surface area (Å²) < 4.78 is 5.47. The van der Waals surface area contributed by atoms with Crippen molar-refractivity contribution in [2.45, 2.75) is 27.2 Å². The van der Waals surface area contributed by atoms with Crippen LogP contribution >= 0.6 is 11.3 Å². The summed E-state index contributed by atoms with van der Waals surface area (Å²) in [5.74, 6) is 1.39. The molecule has 0 radical (unpaired) electrons. The zero-order valence-electron chi connectivity index (χ0n) is 18.0. The van der Waals surface area contributed by atoms with Crippen LogP contribution in [0, 0.1) is 13.8 Å². The maximum absolute atomic E-state index is 5.47. The van der Waals surface area contributed by atoms with E-state index in [1.54, 1.807) is 37.0 Å². The number of hydrogen-bond donors (Lipinski definition) is 1. The molecule has 0 aliphatic carbocycles. The van der Waals surface area contributed by atoms with Crippen molar-refractivity contribution in [2.24, 2.45) is 0 Å². The summed E-state index contributed by atoms with van der Waals surface area (Å²) in [6, 6.07) is 6.14. The van der Waals surface area contributed by atoms with Gasteiger partial charge in [-0.15, -0.1) is 0 Å². The first-order valence-electron chi connectivity index (χ1n) is 10.1. The van der Waals surface area contributed by atoms with E-state index in [0.29, 0.717) is 11.5 Å². The third-order valence-electron chi connectivity index (χ3n) is 4.82. The Hall–Kier alpha value is -3.39. The van der Waals surface area contributed by atoms with Crippen molar-refractivity contribution in [1.82, 2.24) is 24.9 Å². The molecule has 0 spiro atoms. The van der Waals surface area contributed by atoms with Crippen LogP contribution in [0.4, 0.5) is 5.13 Å². The van der Waals surface area contributed by atoms with Crippen LogP contribution in [-0.4, -0.2) is 38.6 Å². The van der Waals surface area contributed by atoms with Crippen molar-refractivity contribution < 1.29 is 4.74 Å². The Kier molecular flexibility index (Phi) is 6.18. The van der Waals surface area contributed by atoms with Gasteiger partial charge in [0.2, 0.25) is 0 Å². The number of nitrogens with one attached hydrogen (secondary N) is 1. The summed E-state index contributed by atoms with van der Waals surface area (Å²) in [6.45, 7) is 7.10. The first-order valence-corrected chi connectivity index (χ1v) is 10.9. The lowest BCUT2D eigenvalue weighted by Gasteiger charge is -2.12. The average molecular weight is 433 g/mol. The van der Waals surface area contributed by atoms with E-state index < -0.39 is 0 Å². The zero-order chi connectivity index (χ0) is 21.8. The Morgan fingerprint density at radius 1 is 0.935 bits per heavy atom. The van der Waals surface area contributed by atoms with Crippen molar-refractivity contribution in [1.29, 1.82) is 0 Å². The molecule has 158 valence electrons. The maximum atomic E-state index is 5.47. The molecule has 0 saturated heterocycles. The quantitative estimate of drug-likeness (QED) is 0.431. The number of aryl methyl sites for hydroxylation is 2. The molecule has 0 amide bonds. The molecule has 0 aliphatic rings. The van der Waals surface area contributed by atoms with E-state index in [4.69, 9.17) is 14.7 Å². The summed E-state index contributed by atoms with van der Waals surface area (Å²) in [4.78, 5) is 23.6. The second-order valence-corrected chi connectivity index (χ2v) is 8.18. The van der Waals surface area contributed by atoms with Crippen molar-refractivity contribution in [2.75, 3.05) is 19.0 Å². The molecule has 7 nitrogen and oxygen atoms in total. The number of anilines is 1. The number of ether oxygens (including phenoxy) is 1. The summed E-state index contributed by atoms with van der Waals surface area (Å²) in [5.41, 5.74) is 5.41. The minimum Gasteiger partial charge on any atom is -0.496 e. The predicted octanol–water partition coefficient (Wildman–Crippen LogP) is 5.17. The molecule has 8 heteroatoms. The van der Waals surface area contributed by atoms with Gasteiger partial charge in [0.05, 0.1) is 29.6 Å². The van der Waals surface area contributed by atoms with E-state index in [-0.39, 0.29) is 0 Å². The number of hydrogen-bond acceptors (Lipinski definition) is 8. The second kappa shape index (κ2) is 9.18. The molecule has 4 rings (SSSR count). The summed E-state index contributed by atoms with van der Waals surface area (Å²) in [7, 11) is 1.68. The lowest BCUT2D eigenvalue weighted by Crippen LogP contribution is -1.99. The van der Waals surface area contributed by atoms with Crippen LogP contribution in [-0.2, 0) is 0 Å². The molecular formula is C23H24N6OS. The van der Waals surface area contributed by atoms with Gasteiger partial charge in [0.25, 0.3) is 0 Å². The second-order valence-electron chi connectivity index (χ2n) is 7.15. The van der Waals surface area contributed by atoms with Gasteiger partial charge in [-0.25, -0.2) is 19.9 Å². The maximum Gasteiger partial charge on any atom is 0.183 e. The Bertz CT molecular complexity index is 1190. The monoisotopic (exact) mass is 432 g/mol. The van der Waals surface area contributed by atoms with Gasteiger partial charge >= 0.3 is 0 Å². The largest absolute Gasteiger partial charge is 0.496 e.